The van der Waals surface area contributed by atoms with Gasteiger partial charge in [0.15, 0.2) is 10.9 Å². The monoisotopic (exact) mass is 301 g/mol. The van der Waals surface area contributed by atoms with Crippen LogP contribution >= 0.6 is 11.3 Å². The fourth-order valence-electron chi connectivity index (χ4n) is 2.29. The van der Waals surface area contributed by atoms with Crippen molar-refractivity contribution in [3.63, 3.8) is 0 Å². The van der Waals surface area contributed by atoms with Crippen molar-refractivity contribution in [1.29, 1.82) is 0 Å². The second-order valence-corrected chi connectivity index (χ2v) is 6.04. The lowest BCUT2D eigenvalue weighted by atomic mass is 10.1. The predicted octanol–water partition coefficient (Wildman–Crippen LogP) is 3.48. The Morgan fingerprint density at radius 3 is 2.57 bits per heavy atom. The SMILES string of the molecule is CC(=O)c1ccc(NC(=O)Nc2nc3c(s2)CCC3)cc1. The molecule has 0 saturated carbocycles. The second-order valence-electron chi connectivity index (χ2n) is 4.96. The molecule has 0 atom stereocenters. The molecule has 2 aromatic rings. The average molecular weight is 301 g/mol. The first-order valence-corrected chi connectivity index (χ1v) is 7.61. The van der Waals surface area contributed by atoms with E-state index in [1.54, 1.807) is 24.3 Å². The van der Waals surface area contributed by atoms with E-state index in [4.69, 9.17) is 0 Å². The highest BCUT2D eigenvalue weighted by atomic mass is 32.1. The molecule has 0 radical (unpaired) electrons. The molecule has 1 aromatic carbocycles. The summed E-state index contributed by atoms with van der Waals surface area (Å²) in [5.41, 5.74) is 2.38. The van der Waals surface area contributed by atoms with Crippen LogP contribution in [0.5, 0.6) is 0 Å². The molecule has 5 nitrogen and oxygen atoms in total. The number of aryl methyl sites for hydroxylation is 2. The van der Waals surface area contributed by atoms with Gasteiger partial charge in [-0.25, -0.2) is 9.78 Å². The van der Waals surface area contributed by atoms with E-state index in [1.165, 1.54) is 23.1 Å². The summed E-state index contributed by atoms with van der Waals surface area (Å²) >= 11 is 1.54. The lowest BCUT2D eigenvalue weighted by Crippen LogP contribution is -2.19. The van der Waals surface area contributed by atoms with Gasteiger partial charge in [-0.05, 0) is 50.5 Å². The summed E-state index contributed by atoms with van der Waals surface area (Å²) in [5.74, 6) is 0.00306. The number of rotatable bonds is 3. The quantitative estimate of drug-likeness (QED) is 0.853. The van der Waals surface area contributed by atoms with Gasteiger partial charge in [-0.2, -0.15) is 0 Å². The van der Waals surface area contributed by atoms with Crippen molar-refractivity contribution in [3.8, 4) is 0 Å². The summed E-state index contributed by atoms with van der Waals surface area (Å²) in [4.78, 5) is 28.8. The number of amides is 2. The van der Waals surface area contributed by atoms with Gasteiger partial charge in [-0.1, -0.05) is 0 Å². The van der Waals surface area contributed by atoms with Crippen molar-refractivity contribution in [2.75, 3.05) is 10.6 Å². The molecule has 2 N–H and O–H groups in total. The number of urea groups is 1. The number of nitrogens with zero attached hydrogens (tertiary/aromatic N) is 1. The Kier molecular flexibility index (Phi) is 3.70. The molecule has 0 unspecified atom stereocenters. The number of nitrogens with one attached hydrogen (secondary N) is 2. The number of benzene rings is 1. The van der Waals surface area contributed by atoms with Gasteiger partial charge in [0.25, 0.3) is 0 Å². The van der Waals surface area contributed by atoms with Crippen molar-refractivity contribution < 1.29 is 9.59 Å². The van der Waals surface area contributed by atoms with Crippen LogP contribution in [0, 0.1) is 0 Å². The standard InChI is InChI=1S/C15H15N3O2S/c1-9(19)10-5-7-11(8-6-10)16-14(20)18-15-17-12-3-2-4-13(12)21-15/h5-8H,2-4H2,1H3,(H2,16,17,18,20). The van der Waals surface area contributed by atoms with Gasteiger partial charge < -0.3 is 5.32 Å². The van der Waals surface area contributed by atoms with E-state index in [1.807, 2.05) is 0 Å². The van der Waals surface area contributed by atoms with Crippen LogP contribution in [-0.4, -0.2) is 16.8 Å². The van der Waals surface area contributed by atoms with Crippen LogP contribution in [0.4, 0.5) is 15.6 Å². The minimum Gasteiger partial charge on any atom is -0.308 e. The number of aromatic nitrogens is 1. The van der Waals surface area contributed by atoms with E-state index < -0.39 is 0 Å². The summed E-state index contributed by atoms with van der Waals surface area (Å²) in [6.45, 7) is 1.51. The molecule has 1 aliphatic rings. The molecule has 1 aromatic heterocycles. The lowest BCUT2D eigenvalue weighted by Gasteiger charge is -2.06. The van der Waals surface area contributed by atoms with Crippen LogP contribution in [0.2, 0.25) is 0 Å². The van der Waals surface area contributed by atoms with Gasteiger partial charge in [0.05, 0.1) is 5.69 Å². The molecule has 0 fully saturated rings. The number of hydrogen-bond acceptors (Lipinski definition) is 4. The van der Waals surface area contributed by atoms with E-state index >= 15 is 0 Å². The molecule has 6 heteroatoms. The summed E-state index contributed by atoms with van der Waals surface area (Å²) < 4.78 is 0. The molecule has 21 heavy (non-hydrogen) atoms. The number of thiazole rings is 1. The molecular weight excluding hydrogens is 286 g/mol. The topological polar surface area (TPSA) is 71.1 Å². The number of anilines is 2. The highest BCUT2D eigenvalue weighted by molar-refractivity contribution is 7.15. The van der Waals surface area contributed by atoms with Gasteiger partial charge in [0.1, 0.15) is 0 Å². The first-order chi connectivity index (χ1) is 10.1. The zero-order chi connectivity index (χ0) is 14.8. The molecule has 0 aliphatic heterocycles. The summed E-state index contributed by atoms with van der Waals surface area (Å²) in [7, 11) is 0. The van der Waals surface area contributed by atoms with Gasteiger partial charge in [-0.3, -0.25) is 10.1 Å². The van der Waals surface area contributed by atoms with Crippen molar-refractivity contribution in [2.24, 2.45) is 0 Å². The Labute approximate surface area is 126 Å². The minimum absolute atomic E-state index is 0.00306. The molecule has 108 valence electrons. The van der Waals surface area contributed by atoms with E-state index in [9.17, 15) is 9.59 Å². The van der Waals surface area contributed by atoms with Crippen molar-refractivity contribution in [2.45, 2.75) is 26.2 Å². The maximum Gasteiger partial charge on any atom is 0.325 e. The predicted molar refractivity (Wildman–Crippen MR) is 83.2 cm³/mol. The molecular formula is C15H15N3O2S. The maximum atomic E-state index is 11.9. The minimum atomic E-state index is -0.321. The summed E-state index contributed by atoms with van der Waals surface area (Å²) in [6.07, 6.45) is 3.22. The summed E-state index contributed by atoms with van der Waals surface area (Å²) in [6, 6.07) is 6.47. The van der Waals surface area contributed by atoms with E-state index in [0.717, 1.165) is 25.0 Å². The van der Waals surface area contributed by atoms with Crippen LogP contribution in [0.3, 0.4) is 0 Å². The molecule has 1 heterocycles. The van der Waals surface area contributed by atoms with Crippen molar-refractivity contribution >= 4 is 34.0 Å². The normalized spacial score (nSPS) is 12.8. The fourth-order valence-corrected chi connectivity index (χ4v) is 3.34. The van der Waals surface area contributed by atoms with Gasteiger partial charge in [0, 0.05) is 16.1 Å². The van der Waals surface area contributed by atoms with Crippen LogP contribution in [0.15, 0.2) is 24.3 Å². The summed E-state index contributed by atoms with van der Waals surface area (Å²) in [5, 5.41) is 6.11. The molecule has 0 spiro atoms. The van der Waals surface area contributed by atoms with Crippen LogP contribution in [0.25, 0.3) is 0 Å². The van der Waals surface area contributed by atoms with E-state index in [2.05, 4.69) is 15.6 Å². The third kappa shape index (κ3) is 3.11. The van der Waals surface area contributed by atoms with E-state index in [-0.39, 0.29) is 11.8 Å². The number of fused-ring (bicyclic) bond motifs is 1. The Bertz CT molecular complexity index is 670. The molecule has 0 bridgehead atoms. The molecule has 3 rings (SSSR count). The lowest BCUT2D eigenvalue weighted by molar-refractivity contribution is 0.101. The highest BCUT2D eigenvalue weighted by Gasteiger charge is 2.17. The third-order valence-corrected chi connectivity index (χ3v) is 4.44. The number of carbonyl (C=O) groups excluding carboxylic acids is 2. The van der Waals surface area contributed by atoms with Crippen LogP contribution in [0.1, 0.15) is 34.3 Å². The average Bonchev–Trinajstić information content (AvgIpc) is 3.00. The first kappa shape index (κ1) is 13.8. The first-order valence-electron chi connectivity index (χ1n) is 6.79. The zero-order valence-corrected chi connectivity index (χ0v) is 12.4. The van der Waals surface area contributed by atoms with Crippen molar-refractivity contribution in [1.82, 2.24) is 4.98 Å². The Morgan fingerprint density at radius 2 is 1.90 bits per heavy atom. The fraction of sp³-hybridized carbons (Fsp3) is 0.267. The van der Waals surface area contributed by atoms with Gasteiger partial charge >= 0.3 is 6.03 Å². The van der Waals surface area contributed by atoms with Crippen LogP contribution in [-0.2, 0) is 12.8 Å². The van der Waals surface area contributed by atoms with Crippen molar-refractivity contribution in [3.05, 3.63) is 40.4 Å². The number of hydrogen-bond donors (Lipinski definition) is 2. The Morgan fingerprint density at radius 1 is 1.14 bits per heavy atom. The zero-order valence-electron chi connectivity index (χ0n) is 11.6. The number of carbonyl (C=O) groups is 2. The maximum absolute atomic E-state index is 11.9. The van der Waals surface area contributed by atoms with E-state index in [0.29, 0.717) is 16.4 Å². The second kappa shape index (κ2) is 5.65. The molecule has 0 saturated heterocycles. The molecule has 1 aliphatic carbocycles. The molecule has 2 amide bonds. The van der Waals surface area contributed by atoms with Gasteiger partial charge in [-0.15, -0.1) is 11.3 Å². The Balaban J connectivity index is 1.61. The highest BCUT2D eigenvalue weighted by Crippen LogP contribution is 2.30. The largest absolute Gasteiger partial charge is 0.325 e. The number of Topliss-reactive ketones (excluding diaryl/α,β-unsaturated/α-hetero) is 1. The van der Waals surface area contributed by atoms with Crippen LogP contribution < -0.4 is 10.6 Å². The third-order valence-electron chi connectivity index (χ3n) is 3.37. The van der Waals surface area contributed by atoms with Gasteiger partial charge in [0.2, 0.25) is 0 Å². The smallest absolute Gasteiger partial charge is 0.308 e. The number of ketones is 1. The Hall–Kier alpha value is -2.21.